The zero-order valence-electron chi connectivity index (χ0n) is 10.1. The lowest BCUT2D eigenvalue weighted by Gasteiger charge is -2.06. The van der Waals surface area contributed by atoms with E-state index in [0.717, 1.165) is 17.6 Å². The third-order valence-corrected chi connectivity index (χ3v) is 3.14. The zero-order chi connectivity index (χ0) is 14.5. The molecule has 0 aliphatic rings. The maximum Gasteiger partial charge on any atom is 0.264 e. The number of amidine groups is 1. The standard InChI is InChI=1S/C11H10FN5O2S/c12-8-3-6(10(13)16-19)1-2-7(8)4-14-11(18)9-5-15-17-20-9/h1-3,5,19H,4H2,(H2,13,16)(H,14,18). The van der Waals surface area contributed by atoms with Crippen molar-refractivity contribution in [2.24, 2.45) is 10.9 Å². The molecule has 4 N–H and O–H groups in total. The first kappa shape index (κ1) is 13.9. The molecule has 1 aromatic heterocycles. The molecule has 1 amide bonds. The predicted molar refractivity (Wildman–Crippen MR) is 70.0 cm³/mol. The summed E-state index contributed by atoms with van der Waals surface area (Å²) in [6.07, 6.45) is 1.33. The van der Waals surface area contributed by atoms with Gasteiger partial charge in [-0.1, -0.05) is 21.8 Å². The van der Waals surface area contributed by atoms with Crippen molar-refractivity contribution in [3.8, 4) is 0 Å². The van der Waals surface area contributed by atoms with E-state index in [2.05, 4.69) is 20.1 Å². The second kappa shape index (κ2) is 6.06. The molecule has 20 heavy (non-hydrogen) atoms. The number of oxime groups is 1. The molecule has 0 unspecified atom stereocenters. The lowest BCUT2D eigenvalue weighted by Crippen LogP contribution is -2.22. The predicted octanol–water partition coefficient (Wildman–Crippen LogP) is 0.702. The molecule has 1 aromatic carbocycles. The average molecular weight is 295 g/mol. The monoisotopic (exact) mass is 295 g/mol. The highest BCUT2D eigenvalue weighted by Gasteiger charge is 2.10. The Morgan fingerprint density at radius 3 is 2.95 bits per heavy atom. The molecule has 0 aliphatic carbocycles. The van der Waals surface area contributed by atoms with E-state index in [9.17, 15) is 9.18 Å². The molecule has 0 aliphatic heterocycles. The van der Waals surface area contributed by atoms with Gasteiger partial charge >= 0.3 is 0 Å². The van der Waals surface area contributed by atoms with Gasteiger partial charge in [0.25, 0.3) is 5.91 Å². The fraction of sp³-hybridized carbons (Fsp3) is 0.0909. The van der Waals surface area contributed by atoms with Crippen molar-refractivity contribution in [2.45, 2.75) is 6.54 Å². The first-order chi connectivity index (χ1) is 9.61. The van der Waals surface area contributed by atoms with Gasteiger partial charge < -0.3 is 16.3 Å². The van der Waals surface area contributed by atoms with Gasteiger partial charge in [0.15, 0.2) is 5.84 Å². The number of aromatic nitrogens is 2. The van der Waals surface area contributed by atoms with E-state index >= 15 is 0 Å². The number of hydrogen-bond donors (Lipinski definition) is 3. The molecule has 1 heterocycles. The molecule has 7 nitrogen and oxygen atoms in total. The van der Waals surface area contributed by atoms with Gasteiger partial charge in [-0.3, -0.25) is 4.79 Å². The fourth-order valence-electron chi connectivity index (χ4n) is 1.44. The van der Waals surface area contributed by atoms with Crippen molar-refractivity contribution in [1.29, 1.82) is 0 Å². The minimum absolute atomic E-state index is 0.0129. The third-order valence-electron chi connectivity index (χ3n) is 2.48. The summed E-state index contributed by atoms with van der Waals surface area (Å²) >= 11 is 0.953. The fourth-order valence-corrected chi connectivity index (χ4v) is 1.87. The normalized spacial score (nSPS) is 11.3. The van der Waals surface area contributed by atoms with Gasteiger partial charge in [-0.2, -0.15) is 0 Å². The first-order valence-corrected chi connectivity index (χ1v) is 6.21. The minimum atomic E-state index is -0.558. The summed E-state index contributed by atoms with van der Waals surface area (Å²) in [6, 6.07) is 4.08. The largest absolute Gasteiger partial charge is 0.409 e. The van der Waals surface area contributed by atoms with E-state index in [1.165, 1.54) is 18.3 Å². The Morgan fingerprint density at radius 2 is 2.35 bits per heavy atom. The van der Waals surface area contributed by atoms with E-state index in [-0.39, 0.29) is 29.4 Å². The molecule has 0 radical (unpaired) electrons. The molecule has 104 valence electrons. The van der Waals surface area contributed by atoms with Crippen molar-refractivity contribution < 1.29 is 14.4 Å². The Bertz CT molecular complexity index is 644. The summed E-state index contributed by atoms with van der Waals surface area (Å²) in [4.78, 5) is 12.0. The van der Waals surface area contributed by atoms with Crippen LogP contribution in [0.3, 0.4) is 0 Å². The number of halogens is 1. The van der Waals surface area contributed by atoms with Crippen LogP contribution < -0.4 is 11.1 Å². The van der Waals surface area contributed by atoms with E-state index in [0.29, 0.717) is 4.88 Å². The summed E-state index contributed by atoms with van der Waals surface area (Å²) in [6.45, 7) is 0.0129. The van der Waals surface area contributed by atoms with Gasteiger partial charge in [-0.15, -0.1) is 5.10 Å². The number of rotatable bonds is 4. The van der Waals surface area contributed by atoms with Crippen molar-refractivity contribution in [3.63, 3.8) is 0 Å². The Kier molecular flexibility index (Phi) is 4.20. The van der Waals surface area contributed by atoms with Crippen LogP contribution in [0.15, 0.2) is 29.6 Å². The maximum absolute atomic E-state index is 13.8. The highest BCUT2D eigenvalue weighted by atomic mass is 32.1. The summed E-state index contributed by atoms with van der Waals surface area (Å²) in [5.74, 6) is -1.12. The van der Waals surface area contributed by atoms with Crippen LogP contribution in [0.1, 0.15) is 20.8 Å². The highest BCUT2D eigenvalue weighted by Crippen LogP contribution is 2.11. The number of carbonyl (C=O) groups excluding carboxylic acids is 1. The molecule has 0 saturated carbocycles. The van der Waals surface area contributed by atoms with Gasteiger partial charge in [-0.25, -0.2) is 4.39 Å². The molecule has 0 bridgehead atoms. The molecule has 0 atom stereocenters. The summed E-state index contributed by atoms with van der Waals surface area (Å²) in [5.41, 5.74) is 5.89. The van der Waals surface area contributed by atoms with Gasteiger partial charge in [0.1, 0.15) is 10.7 Å². The van der Waals surface area contributed by atoms with Crippen molar-refractivity contribution in [1.82, 2.24) is 14.9 Å². The van der Waals surface area contributed by atoms with Crippen molar-refractivity contribution in [2.75, 3.05) is 0 Å². The number of nitrogens with two attached hydrogens (primary N) is 1. The van der Waals surface area contributed by atoms with E-state index < -0.39 is 5.82 Å². The van der Waals surface area contributed by atoms with E-state index in [1.807, 2.05) is 0 Å². The number of benzene rings is 1. The van der Waals surface area contributed by atoms with Crippen LogP contribution in [0.25, 0.3) is 0 Å². The molecule has 9 heteroatoms. The summed E-state index contributed by atoms with van der Waals surface area (Å²) in [5, 5.41) is 17.4. The van der Waals surface area contributed by atoms with Crippen LogP contribution in [-0.2, 0) is 6.54 Å². The zero-order valence-corrected chi connectivity index (χ0v) is 10.9. The van der Waals surface area contributed by atoms with Crippen LogP contribution in [0.5, 0.6) is 0 Å². The van der Waals surface area contributed by atoms with Crippen LogP contribution in [0.2, 0.25) is 0 Å². The minimum Gasteiger partial charge on any atom is -0.409 e. The Balaban J connectivity index is 2.05. The number of hydrogen-bond acceptors (Lipinski definition) is 6. The lowest BCUT2D eigenvalue weighted by molar-refractivity contribution is 0.0954. The molecule has 2 rings (SSSR count). The third kappa shape index (κ3) is 3.06. The van der Waals surface area contributed by atoms with Gasteiger partial charge in [0.05, 0.1) is 6.20 Å². The van der Waals surface area contributed by atoms with Gasteiger partial charge in [0.2, 0.25) is 0 Å². The molecule has 0 saturated heterocycles. The van der Waals surface area contributed by atoms with Crippen LogP contribution in [-0.4, -0.2) is 26.5 Å². The highest BCUT2D eigenvalue weighted by molar-refractivity contribution is 7.07. The molecule has 2 aromatic rings. The summed E-state index contributed by atoms with van der Waals surface area (Å²) < 4.78 is 17.3. The topological polar surface area (TPSA) is 113 Å². The molecular formula is C11H10FN5O2S. The van der Waals surface area contributed by atoms with Gasteiger partial charge in [0, 0.05) is 17.7 Å². The van der Waals surface area contributed by atoms with Crippen molar-refractivity contribution in [3.05, 3.63) is 46.2 Å². The van der Waals surface area contributed by atoms with Crippen LogP contribution in [0.4, 0.5) is 4.39 Å². The lowest BCUT2D eigenvalue weighted by atomic mass is 10.1. The maximum atomic E-state index is 13.8. The van der Waals surface area contributed by atoms with Crippen LogP contribution in [0, 0.1) is 5.82 Å². The van der Waals surface area contributed by atoms with E-state index in [1.54, 1.807) is 0 Å². The second-order valence-corrected chi connectivity index (χ2v) is 4.54. The van der Waals surface area contributed by atoms with E-state index in [4.69, 9.17) is 10.9 Å². The Morgan fingerprint density at radius 1 is 1.55 bits per heavy atom. The number of nitrogens with zero attached hydrogens (tertiary/aromatic N) is 3. The van der Waals surface area contributed by atoms with Crippen LogP contribution >= 0.6 is 11.5 Å². The smallest absolute Gasteiger partial charge is 0.264 e. The Labute approximate surface area is 117 Å². The summed E-state index contributed by atoms with van der Waals surface area (Å²) in [7, 11) is 0. The molecule has 0 spiro atoms. The number of carbonyl (C=O) groups is 1. The number of amides is 1. The molecule has 0 fully saturated rings. The molecular weight excluding hydrogens is 285 g/mol. The van der Waals surface area contributed by atoms with Gasteiger partial charge in [-0.05, 0) is 17.6 Å². The van der Waals surface area contributed by atoms with Crippen molar-refractivity contribution >= 4 is 23.3 Å². The average Bonchev–Trinajstić information content (AvgIpc) is 2.99. The Hall–Kier alpha value is -2.55. The first-order valence-electron chi connectivity index (χ1n) is 5.43. The SMILES string of the molecule is NC(=NO)c1ccc(CNC(=O)c2cnns2)c(F)c1. The second-order valence-electron chi connectivity index (χ2n) is 3.76. The number of nitrogens with one attached hydrogen (secondary N) is 1. The quantitative estimate of drug-likeness (QED) is 0.332.